The second-order valence-electron chi connectivity index (χ2n) is 10.00. The number of carbonyl (C=O) groups is 1. The molecule has 182 valence electrons. The smallest absolute Gasteiger partial charge is 0.354 e. The molecule has 5 rings (SSSR count). The van der Waals surface area contributed by atoms with E-state index < -0.39 is 5.97 Å². The zero-order valence-corrected chi connectivity index (χ0v) is 20.3. The SMILES string of the molecule is CC(C)c1nn(C2CCCCC2)c2nc(C(=O)O)cc(-c3cnc(N4CCC(C#N)CC4)nc3)c12. The lowest BCUT2D eigenvalue weighted by Crippen LogP contribution is -2.34. The van der Waals surface area contributed by atoms with E-state index >= 15 is 0 Å². The van der Waals surface area contributed by atoms with Gasteiger partial charge in [-0.05, 0) is 37.7 Å². The minimum atomic E-state index is -1.06. The van der Waals surface area contributed by atoms with Gasteiger partial charge in [0, 0.05) is 42.5 Å². The van der Waals surface area contributed by atoms with Crippen molar-refractivity contribution in [1.82, 2.24) is 24.7 Å². The van der Waals surface area contributed by atoms with E-state index in [1.54, 1.807) is 18.5 Å². The maximum atomic E-state index is 12.0. The van der Waals surface area contributed by atoms with Gasteiger partial charge in [0.25, 0.3) is 0 Å². The van der Waals surface area contributed by atoms with E-state index in [0.717, 1.165) is 73.8 Å². The van der Waals surface area contributed by atoms with Crippen molar-refractivity contribution >= 4 is 23.0 Å². The first-order chi connectivity index (χ1) is 17.0. The highest BCUT2D eigenvalue weighted by molar-refractivity contribution is 5.99. The van der Waals surface area contributed by atoms with Crippen LogP contribution in [0.1, 0.15) is 86.9 Å². The predicted molar refractivity (Wildman–Crippen MR) is 132 cm³/mol. The topological polar surface area (TPSA) is 121 Å². The molecule has 1 N–H and O–H groups in total. The Morgan fingerprint density at radius 1 is 1.11 bits per heavy atom. The molecule has 2 aliphatic rings. The summed E-state index contributed by atoms with van der Waals surface area (Å²) in [6.45, 7) is 5.72. The number of carboxylic acid groups (broad SMARTS) is 1. The van der Waals surface area contributed by atoms with Gasteiger partial charge in [-0.15, -0.1) is 0 Å². The van der Waals surface area contributed by atoms with Gasteiger partial charge in [0.1, 0.15) is 0 Å². The van der Waals surface area contributed by atoms with E-state index in [4.69, 9.17) is 10.4 Å². The Balaban J connectivity index is 1.59. The lowest BCUT2D eigenvalue weighted by Gasteiger charge is -2.29. The number of anilines is 1. The van der Waals surface area contributed by atoms with Crippen molar-refractivity contribution in [2.45, 2.75) is 70.8 Å². The van der Waals surface area contributed by atoms with Crippen LogP contribution < -0.4 is 4.90 Å². The Morgan fingerprint density at radius 2 is 1.80 bits per heavy atom. The van der Waals surface area contributed by atoms with Crippen LogP contribution in [0.2, 0.25) is 0 Å². The fraction of sp³-hybridized carbons (Fsp3) is 0.538. The molecule has 0 unspecified atom stereocenters. The molecular weight excluding hydrogens is 442 g/mol. The number of pyridine rings is 1. The average molecular weight is 474 g/mol. The largest absolute Gasteiger partial charge is 0.477 e. The molecule has 2 fully saturated rings. The summed E-state index contributed by atoms with van der Waals surface area (Å²) in [5.74, 6) is -0.176. The number of aromatic carboxylic acids is 1. The van der Waals surface area contributed by atoms with E-state index in [9.17, 15) is 9.90 Å². The fourth-order valence-corrected chi connectivity index (χ4v) is 5.32. The van der Waals surface area contributed by atoms with Gasteiger partial charge in [0.2, 0.25) is 5.95 Å². The normalized spacial score (nSPS) is 17.7. The van der Waals surface area contributed by atoms with Crippen LogP contribution in [0.15, 0.2) is 18.5 Å². The van der Waals surface area contributed by atoms with Crippen LogP contribution in [-0.2, 0) is 0 Å². The summed E-state index contributed by atoms with van der Waals surface area (Å²) < 4.78 is 1.98. The molecule has 0 spiro atoms. The average Bonchev–Trinajstić information content (AvgIpc) is 3.29. The first-order valence-electron chi connectivity index (χ1n) is 12.6. The van der Waals surface area contributed by atoms with Crippen LogP contribution in [0.4, 0.5) is 5.95 Å². The second kappa shape index (κ2) is 9.61. The zero-order chi connectivity index (χ0) is 24.5. The first-order valence-corrected chi connectivity index (χ1v) is 12.6. The Kier molecular flexibility index (Phi) is 6.37. The number of nitrogens with zero attached hydrogens (tertiary/aromatic N) is 7. The fourth-order valence-electron chi connectivity index (χ4n) is 5.32. The summed E-state index contributed by atoms with van der Waals surface area (Å²) in [6.07, 6.45) is 10.7. The highest BCUT2D eigenvalue weighted by Crippen LogP contribution is 2.38. The van der Waals surface area contributed by atoms with E-state index in [-0.39, 0.29) is 23.6 Å². The van der Waals surface area contributed by atoms with Crippen molar-refractivity contribution in [2.75, 3.05) is 18.0 Å². The summed E-state index contributed by atoms with van der Waals surface area (Å²) in [4.78, 5) is 27.9. The predicted octanol–water partition coefficient (Wildman–Crippen LogP) is 4.96. The molecule has 9 heteroatoms. The van der Waals surface area contributed by atoms with Gasteiger partial charge >= 0.3 is 5.97 Å². The van der Waals surface area contributed by atoms with Crippen molar-refractivity contribution in [3.05, 3.63) is 29.8 Å². The van der Waals surface area contributed by atoms with Crippen LogP contribution in [0.3, 0.4) is 0 Å². The van der Waals surface area contributed by atoms with Crippen molar-refractivity contribution < 1.29 is 9.90 Å². The van der Waals surface area contributed by atoms with Crippen molar-refractivity contribution in [1.29, 1.82) is 5.26 Å². The number of fused-ring (bicyclic) bond motifs is 1. The molecule has 4 heterocycles. The van der Waals surface area contributed by atoms with Crippen LogP contribution >= 0.6 is 0 Å². The maximum Gasteiger partial charge on any atom is 0.354 e. The number of piperidine rings is 1. The molecular formula is C26H31N7O2. The van der Waals surface area contributed by atoms with Gasteiger partial charge < -0.3 is 10.0 Å². The van der Waals surface area contributed by atoms with E-state index in [2.05, 4.69) is 39.8 Å². The van der Waals surface area contributed by atoms with Gasteiger partial charge in [-0.3, -0.25) is 0 Å². The zero-order valence-electron chi connectivity index (χ0n) is 20.3. The standard InChI is InChI=1S/C26H31N7O2/c1-16(2)23-22-20(18-14-28-26(29-15-18)32-10-8-17(13-27)9-11-32)12-21(25(34)35)30-24(22)33(31-23)19-6-4-3-5-7-19/h12,14-17,19H,3-11H2,1-2H3,(H,34,35). The molecule has 0 bridgehead atoms. The summed E-state index contributed by atoms with van der Waals surface area (Å²) in [7, 11) is 0. The second-order valence-corrected chi connectivity index (χ2v) is 10.00. The van der Waals surface area contributed by atoms with E-state index in [1.807, 2.05) is 4.68 Å². The molecule has 0 radical (unpaired) electrons. The number of rotatable bonds is 5. The Bertz CT molecular complexity index is 1260. The molecule has 1 aliphatic heterocycles. The molecule has 1 saturated heterocycles. The van der Waals surface area contributed by atoms with Crippen LogP contribution in [0, 0.1) is 17.2 Å². The van der Waals surface area contributed by atoms with E-state index in [1.165, 1.54) is 6.42 Å². The number of carboxylic acids is 1. The minimum absolute atomic E-state index is 0.00224. The molecule has 3 aromatic heterocycles. The summed E-state index contributed by atoms with van der Waals surface area (Å²) >= 11 is 0. The molecule has 1 saturated carbocycles. The molecule has 9 nitrogen and oxygen atoms in total. The lowest BCUT2D eigenvalue weighted by molar-refractivity contribution is 0.0691. The number of hydrogen-bond acceptors (Lipinski definition) is 7. The molecule has 1 aliphatic carbocycles. The van der Waals surface area contributed by atoms with Crippen molar-refractivity contribution in [2.24, 2.45) is 5.92 Å². The van der Waals surface area contributed by atoms with Crippen LogP contribution in [0.25, 0.3) is 22.2 Å². The first kappa shape index (κ1) is 23.2. The Labute approximate surface area is 204 Å². The number of aromatic nitrogens is 5. The van der Waals surface area contributed by atoms with Crippen LogP contribution in [-0.4, -0.2) is 48.9 Å². The monoisotopic (exact) mass is 473 g/mol. The van der Waals surface area contributed by atoms with Crippen LogP contribution in [0.5, 0.6) is 0 Å². The Hall–Kier alpha value is -3.54. The summed E-state index contributed by atoms with van der Waals surface area (Å²) in [5, 5.41) is 24.9. The van der Waals surface area contributed by atoms with Gasteiger partial charge in [-0.1, -0.05) is 33.1 Å². The molecule has 0 atom stereocenters. The Morgan fingerprint density at radius 3 is 2.40 bits per heavy atom. The molecule has 0 aromatic carbocycles. The third kappa shape index (κ3) is 4.45. The van der Waals surface area contributed by atoms with Gasteiger partial charge in [0.05, 0.1) is 23.2 Å². The number of hydrogen-bond donors (Lipinski definition) is 1. The highest BCUT2D eigenvalue weighted by Gasteiger charge is 2.27. The molecule has 3 aromatic rings. The highest BCUT2D eigenvalue weighted by atomic mass is 16.4. The minimum Gasteiger partial charge on any atom is -0.477 e. The summed E-state index contributed by atoms with van der Waals surface area (Å²) in [6, 6.07) is 4.21. The number of nitriles is 1. The van der Waals surface area contributed by atoms with Crippen molar-refractivity contribution in [3.8, 4) is 17.2 Å². The summed E-state index contributed by atoms with van der Waals surface area (Å²) in [5.41, 5.74) is 3.07. The quantitative estimate of drug-likeness (QED) is 0.552. The van der Waals surface area contributed by atoms with Gasteiger partial charge in [-0.2, -0.15) is 10.4 Å². The third-order valence-corrected chi connectivity index (χ3v) is 7.29. The lowest BCUT2D eigenvalue weighted by atomic mass is 9.95. The van der Waals surface area contributed by atoms with Crippen molar-refractivity contribution in [3.63, 3.8) is 0 Å². The van der Waals surface area contributed by atoms with Gasteiger partial charge in [-0.25, -0.2) is 24.4 Å². The van der Waals surface area contributed by atoms with Gasteiger partial charge in [0.15, 0.2) is 11.3 Å². The van der Waals surface area contributed by atoms with E-state index in [0.29, 0.717) is 11.6 Å². The third-order valence-electron chi connectivity index (χ3n) is 7.29. The maximum absolute atomic E-state index is 12.0. The molecule has 35 heavy (non-hydrogen) atoms. The molecule has 0 amide bonds.